The molecule has 0 amide bonds. The highest BCUT2D eigenvalue weighted by Gasteiger charge is 2.23. The van der Waals surface area contributed by atoms with Crippen LogP contribution in [-0.2, 0) is 0 Å². The topological polar surface area (TPSA) is 29.3 Å². The Morgan fingerprint density at radius 1 is 1.19 bits per heavy atom. The van der Waals surface area contributed by atoms with Crippen LogP contribution in [0.3, 0.4) is 0 Å². The number of nitrogens with two attached hydrogens (primary N) is 1. The minimum atomic E-state index is 0.243. The monoisotopic (exact) mass is 226 g/mol. The lowest BCUT2D eigenvalue weighted by Gasteiger charge is -2.34. The molecule has 96 valence electrons. The number of hydrogen-bond acceptors (Lipinski definition) is 2. The van der Waals surface area contributed by atoms with Crippen LogP contribution in [0, 0.1) is 5.41 Å². The van der Waals surface area contributed by atoms with Gasteiger partial charge in [0.15, 0.2) is 0 Å². The minimum Gasteiger partial charge on any atom is -0.327 e. The first-order chi connectivity index (χ1) is 7.41. The maximum absolute atomic E-state index is 6.20. The molecule has 1 saturated carbocycles. The third-order valence-electron chi connectivity index (χ3n) is 4.10. The summed E-state index contributed by atoms with van der Waals surface area (Å²) in [6.45, 7) is 7.86. The van der Waals surface area contributed by atoms with Gasteiger partial charge in [0.25, 0.3) is 0 Å². The number of hydrogen-bond donors (Lipinski definition) is 1. The van der Waals surface area contributed by atoms with Crippen molar-refractivity contribution >= 4 is 0 Å². The van der Waals surface area contributed by atoms with Gasteiger partial charge in [0, 0.05) is 12.1 Å². The molecule has 0 aromatic rings. The van der Waals surface area contributed by atoms with Gasteiger partial charge in [-0.1, -0.05) is 40.0 Å². The summed E-state index contributed by atoms with van der Waals surface area (Å²) in [4.78, 5) is 2.53. The van der Waals surface area contributed by atoms with E-state index in [1.54, 1.807) is 0 Å². The van der Waals surface area contributed by atoms with Gasteiger partial charge < -0.3 is 10.6 Å². The molecule has 0 aromatic heterocycles. The lowest BCUT2D eigenvalue weighted by molar-refractivity contribution is 0.173. The van der Waals surface area contributed by atoms with Gasteiger partial charge in [-0.05, 0) is 38.3 Å². The molecule has 2 nitrogen and oxygen atoms in total. The van der Waals surface area contributed by atoms with Gasteiger partial charge in [-0.2, -0.15) is 0 Å². The van der Waals surface area contributed by atoms with Gasteiger partial charge in [-0.15, -0.1) is 0 Å². The van der Waals surface area contributed by atoms with E-state index < -0.39 is 0 Å². The van der Waals surface area contributed by atoms with Crippen LogP contribution in [0.2, 0.25) is 0 Å². The molecular weight excluding hydrogens is 196 g/mol. The molecule has 0 bridgehead atoms. The van der Waals surface area contributed by atoms with E-state index in [1.807, 2.05) is 0 Å². The van der Waals surface area contributed by atoms with Crippen molar-refractivity contribution in [2.45, 2.75) is 71.4 Å². The molecule has 1 atom stereocenters. The fraction of sp³-hybridized carbons (Fsp3) is 1.00. The lowest BCUT2D eigenvalue weighted by Crippen LogP contribution is -2.41. The molecule has 1 fully saturated rings. The summed E-state index contributed by atoms with van der Waals surface area (Å²) in [5, 5.41) is 0. The maximum Gasteiger partial charge on any atom is 0.00998 e. The SMILES string of the molecule is CN(CCC(N)C(C)(C)C)C1CCCCC1. The minimum absolute atomic E-state index is 0.243. The molecule has 0 heterocycles. The second-order valence-corrected chi connectivity index (χ2v) is 6.53. The van der Waals surface area contributed by atoms with Crippen LogP contribution >= 0.6 is 0 Å². The van der Waals surface area contributed by atoms with E-state index in [9.17, 15) is 0 Å². The number of nitrogens with zero attached hydrogens (tertiary/aromatic N) is 1. The van der Waals surface area contributed by atoms with Crippen molar-refractivity contribution < 1.29 is 0 Å². The first-order valence-electron chi connectivity index (χ1n) is 6.87. The Morgan fingerprint density at radius 3 is 2.25 bits per heavy atom. The first kappa shape index (κ1) is 14.0. The average Bonchev–Trinajstić information content (AvgIpc) is 2.25. The fourth-order valence-corrected chi connectivity index (χ4v) is 2.48. The van der Waals surface area contributed by atoms with Gasteiger partial charge in [0.2, 0.25) is 0 Å². The van der Waals surface area contributed by atoms with Crippen LogP contribution in [0.1, 0.15) is 59.3 Å². The summed E-state index contributed by atoms with van der Waals surface area (Å²) in [5.41, 5.74) is 6.45. The molecule has 1 aliphatic rings. The van der Waals surface area contributed by atoms with Crippen molar-refractivity contribution in [3.8, 4) is 0 Å². The predicted octanol–water partition coefficient (Wildman–Crippen LogP) is 3.01. The van der Waals surface area contributed by atoms with E-state index in [0.29, 0.717) is 6.04 Å². The number of rotatable bonds is 4. The van der Waals surface area contributed by atoms with Crippen molar-refractivity contribution in [1.29, 1.82) is 0 Å². The van der Waals surface area contributed by atoms with E-state index in [1.165, 1.54) is 32.1 Å². The molecule has 0 aromatic carbocycles. The van der Waals surface area contributed by atoms with Crippen LogP contribution < -0.4 is 5.73 Å². The zero-order valence-electron chi connectivity index (χ0n) is 11.6. The molecule has 2 heteroatoms. The van der Waals surface area contributed by atoms with E-state index >= 15 is 0 Å². The smallest absolute Gasteiger partial charge is 0.00998 e. The molecule has 0 saturated heterocycles. The van der Waals surface area contributed by atoms with Crippen molar-refractivity contribution in [3.05, 3.63) is 0 Å². The summed E-state index contributed by atoms with van der Waals surface area (Å²) in [5.74, 6) is 0. The summed E-state index contributed by atoms with van der Waals surface area (Å²) < 4.78 is 0. The van der Waals surface area contributed by atoms with E-state index in [2.05, 4.69) is 32.7 Å². The highest BCUT2D eigenvalue weighted by atomic mass is 15.1. The van der Waals surface area contributed by atoms with E-state index in [4.69, 9.17) is 5.73 Å². The Balaban J connectivity index is 2.26. The van der Waals surface area contributed by atoms with Gasteiger partial charge in [0.05, 0.1) is 0 Å². The third kappa shape index (κ3) is 4.42. The maximum atomic E-state index is 6.20. The zero-order chi connectivity index (χ0) is 12.2. The summed E-state index contributed by atoms with van der Waals surface area (Å²) in [7, 11) is 2.27. The highest BCUT2D eigenvalue weighted by Crippen LogP contribution is 2.23. The highest BCUT2D eigenvalue weighted by molar-refractivity contribution is 4.80. The van der Waals surface area contributed by atoms with Crippen LogP contribution in [0.4, 0.5) is 0 Å². The standard InChI is InChI=1S/C14H30N2/c1-14(2,3)13(15)10-11-16(4)12-8-6-5-7-9-12/h12-13H,5-11,15H2,1-4H3. The summed E-state index contributed by atoms with van der Waals surface area (Å²) >= 11 is 0. The molecule has 0 radical (unpaired) electrons. The van der Waals surface area contributed by atoms with Gasteiger partial charge in [-0.25, -0.2) is 0 Å². The van der Waals surface area contributed by atoms with E-state index in [0.717, 1.165) is 19.0 Å². The van der Waals surface area contributed by atoms with Crippen molar-refractivity contribution in [3.63, 3.8) is 0 Å². The predicted molar refractivity (Wildman–Crippen MR) is 71.6 cm³/mol. The van der Waals surface area contributed by atoms with Crippen LogP contribution in [0.25, 0.3) is 0 Å². The Morgan fingerprint density at radius 2 is 1.75 bits per heavy atom. The van der Waals surface area contributed by atoms with E-state index in [-0.39, 0.29) is 5.41 Å². The van der Waals surface area contributed by atoms with Crippen LogP contribution in [0.5, 0.6) is 0 Å². The van der Waals surface area contributed by atoms with Crippen LogP contribution in [-0.4, -0.2) is 30.6 Å². The summed E-state index contributed by atoms with van der Waals surface area (Å²) in [6, 6.07) is 1.14. The Kier molecular flexibility index (Phi) is 5.26. The molecule has 1 aliphatic carbocycles. The molecule has 0 aliphatic heterocycles. The molecular formula is C14H30N2. The Labute approximate surface area is 102 Å². The second kappa shape index (κ2) is 6.02. The lowest BCUT2D eigenvalue weighted by atomic mass is 9.85. The van der Waals surface area contributed by atoms with Gasteiger partial charge in [-0.3, -0.25) is 0 Å². The summed E-state index contributed by atoms with van der Waals surface area (Å²) in [6.07, 6.45) is 8.17. The van der Waals surface area contributed by atoms with Crippen molar-refractivity contribution in [2.75, 3.05) is 13.6 Å². The van der Waals surface area contributed by atoms with Crippen LogP contribution in [0.15, 0.2) is 0 Å². The van der Waals surface area contributed by atoms with Gasteiger partial charge in [0.1, 0.15) is 0 Å². The largest absolute Gasteiger partial charge is 0.327 e. The quantitative estimate of drug-likeness (QED) is 0.798. The molecule has 1 rings (SSSR count). The molecule has 2 N–H and O–H groups in total. The Hall–Kier alpha value is -0.0800. The van der Waals surface area contributed by atoms with Crippen molar-refractivity contribution in [2.24, 2.45) is 11.1 Å². The first-order valence-corrected chi connectivity index (χ1v) is 6.87. The third-order valence-corrected chi connectivity index (χ3v) is 4.10. The fourth-order valence-electron chi connectivity index (χ4n) is 2.48. The Bertz CT molecular complexity index is 189. The normalized spacial score (nSPS) is 21.4. The van der Waals surface area contributed by atoms with Crippen molar-refractivity contribution in [1.82, 2.24) is 4.90 Å². The zero-order valence-corrected chi connectivity index (χ0v) is 11.6. The second-order valence-electron chi connectivity index (χ2n) is 6.53. The molecule has 1 unspecified atom stereocenters. The molecule has 0 spiro atoms. The molecule has 16 heavy (non-hydrogen) atoms. The van der Waals surface area contributed by atoms with Gasteiger partial charge >= 0.3 is 0 Å². The average molecular weight is 226 g/mol.